The van der Waals surface area contributed by atoms with Gasteiger partial charge in [0.2, 0.25) is 6.79 Å². The van der Waals surface area contributed by atoms with Crippen LogP contribution in [0.1, 0.15) is 80.2 Å². The highest BCUT2D eigenvalue weighted by molar-refractivity contribution is 5.88. The molecule has 0 aromatic heterocycles. The van der Waals surface area contributed by atoms with Gasteiger partial charge in [0.25, 0.3) is 0 Å². The van der Waals surface area contributed by atoms with Crippen molar-refractivity contribution in [1.82, 2.24) is 4.90 Å². The number of esters is 1. The lowest BCUT2D eigenvalue weighted by Gasteiger charge is -2.56. The maximum atomic E-state index is 13.6. The fourth-order valence-corrected chi connectivity index (χ4v) is 9.19. The number of fused-ring (bicyclic) bond motifs is 5. The first-order valence-electron chi connectivity index (χ1n) is 14.3. The van der Waals surface area contributed by atoms with E-state index in [0.717, 1.165) is 53.3 Å². The van der Waals surface area contributed by atoms with Crippen molar-refractivity contribution in [1.29, 1.82) is 0 Å². The third-order valence-electron chi connectivity index (χ3n) is 10.3. The Kier molecular flexibility index (Phi) is 4.90. The van der Waals surface area contributed by atoms with E-state index in [2.05, 4.69) is 36.1 Å². The smallest absolute Gasteiger partial charge is 0.311 e. The molecule has 4 bridgehead atoms. The number of carbonyl (C=O) groups excluding carboxylic acids is 1. The molecule has 3 heterocycles. The minimum atomic E-state index is -0.0997. The molecule has 4 fully saturated rings. The Morgan fingerprint density at radius 3 is 2.47 bits per heavy atom. The number of methoxy groups -OCH3 is 1. The first-order valence-corrected chi connectivity index (χ1v) is 14.3. The summed E-state index contributed by atoms with van der Waals surface area (Å²) in [7, 11) is 1.66. The van der Waals surface area contributed by atoms with Crippen molar-refractivity contribution >= 4 is 17.7 Å². The molecule has 2 aromatic carbocycles. The topological polar surface area (TPSA) is 57.2 Å². The molecule has 6 heteroatoms. The monoisotopic (exact) mass is 513 g/mol. The van der Waals surface area contributed by atoms with E-state index in [1.165, 1.54) is 55.3 Å². The lowest BCUT2D eigenvalue weighted by molar-refractivity contribution is -0.143. The predicted octanol–water partition coefficient (Wildman–Crippen LogP) is 6.37. The normalized spacial score (nSPS) is 31.3. The van der Waals surface area contributed by atoms with Gasteiger partial charge in [-0.05, 0) is 110 Å². The minimum absolute atomic E-state index is 0.0426. The molecule has 0 unspecified atom stereocenters. The average molecular weight is 514 g/mol. The van der Waals surface area contributed by atoms with Crippen LogP contribution in [-0.4, -0.2) is 31.3 Å². The van der Waals surface area contributed by atoms with E-state index in [1.54, 1.807) is 7.11 Å². The van der Waals surface area contributed by atoms with Gasteiger partial charge < -0.3 is 23.8 Å². The highest BCUT2D eigenvalue weighted by Gasteiger charge is 2.52. The second-order valence-corrected chi connectivity index (χ2v) is 12.7. The van der Waals surface area contributed by atoms with Crippen LogP contribution in [0, 0.1) is 23.2 Å². The van der Waals surface area contributed by atoms with Crippen molar-refractivity contribution in [2.24, 2.45) is 23.2 Å². The van der Waals surface area contributed by atoms with E-state index in [-0.39, 0.29) is 24.2 Å². The average Bonchev–Trinajstić information content (AvgIpc) is 3.34. The van der Waals surface area contributed by atoms with Crippen molar-refractivity contribution in [3.8, 4) is 23.0 Å². The van der Waals surface area contributed by atoms with Gasteiger partial charge in [-0.15, -0.1) is 0 Å². The molecule has 7 aliphatic rings. The summed E-state index contributed by atoms with van der Waals surface area (Å²) in [6.45, 7) is 3.37. The zero-order valence-corrected chi connectivity index (χ0v) is 22.3. The molecule has 0 saturated heterocycles. The van der Waals surface area contributed by atoms with Gasteiger partial charge in [-0.3, -0.25) is 4.79 Å². The maximum Gasteiger partial charge on any atom is 0.311 e. The van der Waals surface area contributed by atoms with E-state index >= 15 is 0 Å². The maximum absolute atomic E-state index is 13.6. The predicted molar refractivity (Wildman–Crippen MR) is 143 cm³/mol. The van der Waals surface area contributed by atoms with Gasteiger partial charge in [-0.2, -0.15) is 0 Å². The minimum Gasteiger partial charge on any atom is -0.493 e. The number of rotatable bonds is 4. The highest BCUT2D eigenvalue weighted by Crippen LogP contribution is 2.61. The molecule has 38 heavy (non-hydrogen) atoms. The van der Waals surface area contributed by atoms with Crippen molar-refractivity contribution < 1.29 is 23.7 Å². The first-order chi connectivity index (χ1) is 18.5. The Morgan fingerprint density at radius 2 is 1.76 bits per heavy atom. The zero-order valence-electron chi connectivity index (χ0n) is 22.3. The van der Waals surface area contributed by atoms with Crippen LogP contribution in [0.2, 0.25) is 0 Å². The Labute approximate surface area is 223 Å². The van der Waals surface area contributed by atoms with E-state index in [9.17, 15) is 4.79 Å². The summed E-state index contributed by atoms with van der Waals surface area (Å²) in [5.41, 5.74) is 5.91. The molecular formula is C32H35NO5. The fourth-order valence-electron chi connectivity index (χ4n) is 9.19. The van der Waals surface area contributed by atoms with Crippen molar-refractivity contribution in [3.05, 3.63) is 46.5 Å². The standard InChI is InChI=1S/C32H35NO5/c1-18-30-23(10-25-24-12-28-27(36-17-37-28)11-22(24)5-6-33(18)25)3-4-26(35-2)31(30)38-29(34)16-32-13-19-7-20(14-32)9-21(8-19)15-32/h3-4,10-12,18-21H,5-9,13-17H2,1-2H3/t18-,19?,20?,21?,32?/m1/s1. The summed E-state index contributed by atoms with van der Waals surface area (Å²) >= 11 is 0. The molecule has 3 aliphatic heterocycles. The van der Waals surface area contributed by atoms with Crippen LogP contribution in [0.5, 0.6) is 23.0 Å². The third-order valence-corrected chi connectivity index (χ3v) is 10.3. The fraction of sp³-hybridized carbons (Fsp3) is 0.531. The van der Waals surface area contributed by atoms with Crippen LogP contribution in [0.3, 0.4) is 0 Å². The molecule has 0 amide bonds. The van der Waals surface area contributed by atoms with Crippen LogP contribution in [0.4, 0.5) is 0 Å². The number of carbonyl (C=O) groups is 1. The first kappa shape index (κ1) is 22.8. The van der Waals surface area contributed by atoms with Gasteiger partial charge in [0, 0.05) is 23.4 Å². The number of benzene rings is 2. The van der Waals surface area contributed by atoms with Gasteiger partial charge in [0.05, 0.1) is 19.6 Å². The van der Waals surface area contributed by atoms with E-state index in [4.69, 9.17) is 18.9 Å². The van der Waals surface area contributed by atoms with Crippen LogP contribution in [0.15, 0.2) is 24.3 Å². The molecule has 198 valence electrons. The summed E-state index contributed by atoms with van der Waals surface area (Å²) in [6, 6.07) is 8.31. The number of nitrogens with zero attached hydrogens (tertiary/aromatic N) is 1. The summed E-state index contributed by atoms with van der Waals surface area (Å²) in [6.07, 6.45) is 11.4. The van der Waals surface area contributed by atoms with E-state index in [1.807, 2.05) is 6.07 Å². The lowest BCUT2D eigenvalue weighted by Crippen LogP contribution is -2.47. The molecule has 0 N–H and O–H groups in total. The Morgan fingerprint density at radius 1 is 1.05 bits per heavy atom. The summed E-state index contributed by atoms with van der Waals surface area (Å²) in [5.74, 6) is 5.22. The van der Waals surface area contributed by atoms with Gasteiger partial charge >= 0.3 is 5.97 Å². The molecule has 0 spiro atoms. The Balaban J connectivity index is 1.14. The second-order valence-electron chi connectivity index (χ2n) is 12.7. The van der Waals surface area contributed by atoms with Crippen molar-refractivity contribution in [3.63, 3.8) is 0 Å². The number of ether oxygens (including phenoxy) is 4. The van der Waals surface area contributed by atoms with Crippen LogP contribution < -0.4 is 18.9 Å². The van der Waals surface area contributed by atoms with Gasteiger partial charge in [-0.25, -0.2) is 0 Å². The zero-order chi connectivity index (χ0) is 25.6. The SMILES string of the molecule is COc1ccc2c(c1OC(=O)CC13CC4CC(CC(C4)C1)C3)[C@@H](C)N1CCc3cc4c(cc3C1=C2)OCO4. The summed E-state index contributed by atoms with van der Waals surface area (Å²) in [5, 5.41) is 0. The summed E-state index contributed by atoms with van der Waals surface area (Å²) < 4.78 is 23.4. The van der Waals surface area contributed by atoms with Gasteiger partial charge in [0.1, 0.15) is 0 Å². The second kappa shape index (κ2) is 8.17. The third kappa shape index (κ3) is 3.41. The number of hydrogen-bond donors (Lipinski definition) is 0. The quantitative estimate of drug-likeness (QED) is 0.350. The van der Waals surface area contributed by atoms with Crippen molar-refractivity contribution in [2.45, 2.75) is 64.3 Å². The van der Waals surface area contributed by atoms with Crippen molar-refractivity contribution in [2.75, 3.05) is 20.4 Å². The Bertz CT molecular complexity index is 1340. The van der Waals surface area contributed by atoms with Crippen LogP contribution >= 0.6 is 0 Å². The molecule has 2 aromatic rings. The summed E-state index contributed by atoms with van der Waals surface area (Å²) in [4.78, 5) is 16.0. The molecule has 6 nitrogen and oxygen atoms in total. The molecule has 4 aliphatic carbocycles. The number of hydrogen-bond acceptors (Lipinski definition) is 6. The van der Waals surface area contributed by atoms with E-state index in [0.29, 0.717) is 17.9 Å². The van der Waals surface area contributed by atoms with Crippen LogP contribution in [0.25, 0.3) is 11.8 Å². The molecule has 1 atom stereocenters. The molecule has 0 radical (unpaired) electrons. The van der Waals surface area contributed by atoms with Gasteiger partial charge in [-0.1, -0.05) is 6.07 Å². The largest absolute Gasteiger partial charge is 0.493 e. The molecular weight excluding hydrogens is 478 g/mol. The molecule has 9 rings (SSSR count). The molecule has 4 saturated carbocycles. The van der Waals surface area contributed by atoms with Gasteiger partial charge in [0.15, 0.2) is 23.0 Å². The van der Waals surface area contributed by atoms with Crippen LogP contribution in [-0.2, 0) is 11.2 Å². The lowest BCUT2D eigenvalue weighted by atomic mass is 9.49. The Hall–Kier alpha value is -3.15. The van der Waals surface area contributed by atoms with E-state index < -0.39 is 0 Å². The highest BCUT2D eigenvalue weighted by atomic mass is 16.7.